The number of hydrazone groups is 1. The molecule has 148 valence electrons. The van der Waals surface area contributed by atoms with Crippen LogP contribution in [0.25, 0.3) is 22.8 Å². The van der Waals surface area contributed by atoms with Crippen molar-refractivity contribution in [3.8, 4) is 5.69 Å². The van der Waals surface area contributed by atoms with Gasteiger partial charge in [0, 0.05) is 6.21 Å². The molecule has 0 saturated carbocycles. The highest BCUT2D eigenvalue weighted by Crippen LogP contribution is 2.12. The van der Waals surface area contributed by atoms with Gasteiger partial charge in [-0.2, -0.15) is 10.2 Å². The van der Waals surface area contributed by atoms with Crippen molar-refractivity contribution in [3.63, 3.8) is 0 Å². The van der Waals surface area contributed by atoms with E-state index in [-0.39, 0.29) is 12.1 Å². The molecule has 4 rings (SSSR count). The van der Waals surface area contributed by atoms with Crippen molar-refractivity contribution >= 4 is 29.2 Å². The van der Waals surface area contributed by atoms with Crippen LogP contribution in [0.1, 0.15) is 5.56 Å². The smallest absolute Gasteiger partial charge is 0.264 e. The number of hydrogen-bond donors (Lipinski definition) is 1. The lowest BCUT2D eigenvalue weighted by atomic mass is 10.2. The molecule has 8 heteroatoms. The fraction of sp³-hybridized carbons (Fsp3) is 0.0455. The van der Waals surface area contributed by atoms with Crippen molar-refractivity contribution in [2.45, 2.75) is 6.54 Å². The first kappa shape index (κ1) is 19.0. The molecule has 0 spiro atoms. The average molecular weight is 398 g/mol. The van der Waals surface area contributed by atoms with E-state index in [1.54, 1.807) is 10.8 Å². The molecule has 1 N–H and O–H groups in total. The van der Waals surface area contributed by atoms with Crippen molar-refractivity contribution in [2.24, 2.45) is 5.10 Å². The molecular weight excluding hydrogens is 380 g/mol. The maximum Gasteiger partial charge on any atom is 0.264 e. The maximum atomic E-state index is 12.7. The van der Waals surface area contributed by atoms with Crippen LogP contribution in [0.4, 0.5) is 0 Å². The summed E-state index contributed by atoms with van der Waals surface area (Å²) in [4.78, 5) is 29.1. The van der Waals surface area contributed by atoms with E-state index in [4.69, 9.17) is 0 Å². The minimum Gasteiger partial charge on any atom is -0.289 e. The number of carbonyl (C=O) groups excluding carboxylic acids is 1. The van der Waals surface area contributed by atoms with Crippen LogP contribution in [0.2, 0.25) is 0 Å². The van der Waals surface area contributed by atoms with Crippen LogP contribution in [-0.2, 0) is 11.3 Å². The number of fused-ring (bicyclic) bond motifs is 1. The van der Waals surface area contributed by atoms with Crippen LogP contribution >= 0.6 is 0 Å². The van der Waals surface area contributed by atoms with Crippen LogP contribution in [0.15, 0.2) is 89.2 Å². The minimum absolute atomic E-state index is 0.196. The van der Waals surface area contributed by atoms with Crippen molar-refractivity contribution in [1.82, 2.24) is 24.8 Å². The van der Waals surface area contributed by atoms with Gasteiger partial charge < -0.3 is 0 Å². The highest BCUT2D eigenvalue weighted by molar-refractivity contribution is 5.81. The van der Waals surface area contributed by atoms with E-state index in [1.807, 2.05) is 66.7 Å². The lowest BCUT2D eigenvalue weighted by Crippen LogP contribution is -2.30. The number of aromatic nitrogens is 4. The molecule has 2 aromatic carbocycles. The van der Waals surface area contributed by atoms with Crippen LogP contribution < -0.4 is 11.0 Å². The summed E-state index contributed by atoms with van der Waals surface area (Å²) in [6, 6.07) is 19.1. The monoisotopic (exact) mass is 398 g/mol. The molecule has 0 saturated heterocycles. The molecule has 0 radical (unpaired) electrons. The Hall–Kier alpha value is -4.33. The summed E-state index contributed by atoms with van der Waals surface area (Å²) in [7, 11) is 0. The molecule has 0 atom stereocenters. The Morgan fingerprint density at radius 1 is 1.07 bits per heavy atom. The second-order valence-electron chi connectivity index (χ2n) is 6.39. The molecule has 2 heterocycles. The number of hydrogen-bond acceptors (Lipinski definition) is 5. The lowest BCUT2D eigenvalue weighted by Gasteiger charge is -2.05. The summed E-state index contributed by atoms with van der Waals surface area (Å²) in [5.41, 5.74) is 4.31. The highest BCUT2D eigenvalue weighted by Gasteiger charge is 2.12. The zero-order valence-electron chi connectivity index (χ0n) is 15.9. The predicted octanol–water partition coefficient (Wildman–Crippen LogP) is 2.40. The number of allylic oxidation sites excluding steroid dienone is 1. The first-order valence-corrected chi connectivity index (χ1v) is 9.24. The second kappa shape index (κ2) is 8.78. The molecule has 8 nitrogen and oxygen atoms in total. The van der Waals surface area contributed by atoms with E-state index in [0.29, 0.717) is 11.0 Å². The maximum absolute atomic E-state index is 12.7. The number of para-hydroxylation sites is 1. The van der Waals surface area contributed by atoms with Crippen molar-refractivity contribution < 1.29 is 4.79 Å². The van der Waals surface area contributed by atoms with E-state index in [0.717, 1.165) is 11.3 Å². The van der Waals surface area contributed by atoms with Crippen LogP contribution in [0.5, 0.6) is 0 Å². The van der Waals surface area contributed by atoms with Gasteiger partial charge in [-0.3, -0.25) is 14.2 Å². The molecule has 30 heavy (non-hydrogen) atoms. The Morgan fingerprint density at radius 3 is 2.57 bits per heavy atom. The Morgan fingerprint density at radius 2 is 1.80 bits per heavy atom. The van der Waals surface area contributed by atoms with Gasteiger partial charge in [0.05, 0.1) is 11.9 Å². The zero-order chi connectivity index (χ0) is 20.8. The number of carbonyl (C=O) groups is 1. The number of rotatable bonds is 6. The third-order valence-electron chi connectivity index (χ3n) is 4.31. The van der Waals surface area contributed by atoms with Gasteiger partial charge in [-0.05, 0) is 23.8 Å². The van der Waals surface area contributed by atoms with E-state index >= 15 is 0 Å². The van der Waals surface area contributed by atoms with Gasteiger partial charge >= 0.3 is 0 Å². The average Bonchev–Trinajstić information content (AvgIpc) is 3.22. The molecule has 0 aliphatic carbocycles. The SMILES string of the molecule is O=C(Cn1cnc2c(cnn2-c2ccccc2)c1=O)NN=CC=Cc1ccccc1. The van der Waals surface area contributed by atoms with Gasteiger partial charge in [-0.15, -0.1) is 0 Å². The number of benzene rings is 2. The third-order valence-corrected chi connectivity index (χ3v) is 4.31. The fourth-order valence-electron chi connectivity index (χ4n) is 2.88. The largest absolute Gasteiger partial charge is 0.289 e. The summed E-state index contributed by atoms with van der Waals surface area (Å²) in [6.45, 7) is -0.196. The Labute approximate surface area is 171 Å². The van der Waals surface area contributed by atoms with E-state index in [2.05, 4.69) is 20.6 Å². The summed E-state index contributed by atoms with van der Waals surface area (Å²) in [5.74, 6) is -0.432. The summed E-state index contributed by atoms with van der Waals surface area (Å²) >= 11 is 0. The van der Waals surface area contributed by atoms with Crippen molar-refractivity contribution in [1.29, 1.82) is 0 Å². The van der Waals surface area contributed by atoms with Crippen LogP contribution in [-0.4, -0.2) is 31.5 Å². The molecule has 0 bridgehead atoms. The van der Waals surface area contributed by atoms with Crippen LogP contribution in [0, 0.1) is 0 Å². The van der Waals surface area contributed by atoms with Gasteiger partial charge in [0.1, 0.15) is 18.3 Å². The third kappa shape index (κ3) is 4.22. The number of nitrogens with zero attached hydrogens (tertiary/aromatic N) is 5. The second-order valence-corrected chi connectivity index (χ2v) is 6.39. The summed E-state index contributed by atoms with van der Waals surface area (Å²) in [5, 5.41) is 8.44. The molecule has 4 aromatic rings. The summed E-state index contributed by atoms with van der Waals surface area (Å²) < 4.78 is 2.81. The zero-order valence-corrected chi connectivity index (χ0v) is 15.9. The lowest BCUT2D eigenvalue weighted by molar-refractivity contribution is -0.121. The van der Waals surface area contributed by atoms with Gasteiger partial charge in [0.25, 0.3) is 11.5 Å². The first-order valence-electron chi connectivity index (χ1n) is 9.24. The minimum atomic E-state index is -0.432. The topological polar surface area (TPSA) is 94.2 Å². The molecule has 2 aromatic heterocycles. The standard InChI is InChI=1S/C22H18N6O2/c29-20(26-24-13-7-10-17-8-3-1-4-9-17)15-27-16-23-21-19(22(27)30)14-25-28(21)18-11-5-2-6-12-18/h1-14,16H,15H2,(H,26,29). The van der Waals surface area contributed by atoms with E-state index in [9.17, 15) is 9.59 Å². The van der Waals surface area contributed by atoms with Gasteiger partial charge in [0.2, 0.25) is 0 Å². The fourth-order valence-corrected chi connectivity index (χ4v) is 2.88. The molecule has 1 amide bonds. The summed E-state index contributed by atoms with van der Waals surface area (Å²) in [6.07, 6.45) is 7.85. The number of amides is 1. The Bertz CT molecular complexity index is 1270. The van der Waals surface area contributed by atoms with Crippen molar-refractivity contribution in [3.05, 3.63) is 95.2 Å². The van der Waals surface area contributed by atoms with Gasteiger partial charge in [-0.1, -0.05) is 54.6 Å². The predicted molar refractivity (Wildman–Crippen MR) is 115 cm³/mol. The Kier molecular flexibility index (Phi) is 5.56. The molecule has 0 aliphatic heterocycles. The van der Waals surface area contributed by atoms with Crippen LogP contribution in [0.3, 0.4) is 0 Å². The van der Waals surface area contributed by atoms with Gasteiger partial charge in [0.15, 0.2) is 5.65 Å². The first-order chi connectivity index (χ1) is 14.7. The molecular formula is C22H18N6O2. The molecule has 0 unspecified atom stereocenters. The number of nitrogens with one attached hydrogen (secondary N) is 1. The van der Waals surface area contributed by atoms with E-state index < -0.39 is 5.91 Å². The normalized spacial score (nSPS) is 11.5. The van der Waals surface area contributed by atoms with Crippen molar-refractivity contribution in [2.75, 3.05) is 0 Å². The molecule has 0 aliphatic rings. The quantitative estimate of drug-likeness (QED) is 0.399. The Balaban J connectivity index is 1.43. The van der Waals surface area contributed by atoms with E-state index in [1.165, 1.54) is 23.3 Å². The van der Waals surface area contributed by atoms with Gasteiger partial charge in [-0.25, -0.2) is 15.1 Å². The molecule has 0 fully saturated rings. The highest BCUT2D eigenvalue weighted by atomic mass is 16.2.